The average molecular weight is 588 g/mol. The van der Waals surface area contributed by atoms with Crippen LogP contribution in [0.4, 0.5) is 17.1 Å². The van der Waals surface area contributed by atoms with E-state index in [-0.39, 0.29) is 5.41 Å². The van der Waals surface area contributed by atoms with Gasteiger partial charge < -0.3 is 9.47 Å². The molecule has 0 radical (unpaired) electrons. The van der Waals surface area contributed by atoms with E-state index in [1.807, 2.05) is 30.3 Å². The van der Waals surface area contributed by atoms with Crippen LogP contribution in [0.25, 0.3) is 33.4 Å². The van der Waals surface area contributed by atoms with E-state index >= 15 is 0 Å². The van der Waals surface area contributed by atoms with Crippen molar-refractivity contribution in [2.75, 3.05) is 4.90 Å². The van der Waals surface area contributed by atoms with Crippen molar-refractivity contribution in [2.24, 2.45) is 0 Å². The van der Waals surface area contributed by atoms with E-state index in [4.69, 9.17) is 9.47 Å². The molecule has 46 heavy (non-hydrogen) atoms. The molecule has 0 N–H and O–H groups in total. The van der Waals surface area contributed by atoms with E-state index in [0.717, 1.165) is 45.6 Å². The van der Waals surface area contributed by atoms with Gasteiger partial charge in [0.05, 0.1) is 16.8 Å². The second kappa shape index (κ2) is 8.56. The molecule has 0 atom stereocenters. The first kappa shape index (κ1) is 24.3. The van der Waals surface area contributed by atoms with Gasteiger partial charge in [-0.05, 0) is 92.0 Å². The molecule has 0 bridgehead atoms. The van der Waals surface area contributed by atoms with Crippen molar-refractivity contribution in [1.29, 1.82) is 0 Å². The van der Waals surface area contributed by atoms with Crippen LogP contribution in [0.2, 0.25) is 0 Å². The van der Waals surface area contributed by atoms with Crippen molar-refractivity contribution in [3.63, 3.8) is 0 Å². The van der Waals surface area contributed by atoms with Crippen molar-refractivity contribution < 1.29 is 9.47 Å². The first-order valence-electron chi connectivity index (χ1n) is 15.8. The third-order valence-electron chi connectivity index (χ3n) is 10.3. The van der Waals surface area contributed by atoms with Gasteiger partial charge in [0.1, 0.15) is 5.69 Å². The smallest absolute Gasteiger partial charge is 0.155 e. The summed E-state index contributed by atoms with van der Waals surface area (Å²) in [4.78, 5) is 2.28. The standard InChI is InChI=1S/C43H25NO2/c1-4-15-31-28(11-1)29-12-2-5-16-32(29)43(31)33-17-6-3-13-30(33)41-27(14-9-18-34(41)43)26-23-24-36-40(25-26)46-39-22-10-21-38-42(39)44(36)35-19-7-8-20-37(35)45-38/h1-25H. The van der Waals surface area contributed by atoms with Crippen LogP contribution in [0.3, 0.4) is 0 Å². The molecule has 1 spiro atoms. The van der Waals surface area contributed by atoms with E-state index in [9.17, 15) is 0 Å². The zero-order valence-electron chi connectivity index (χ0n) is 24.7. The molecule has 11 rings (SSSR count). The predicted octanol–water partition coefficient (Wildman–Crippen LogP) is 11.4. The molecule has 3 heteroatoms. The zero-order chi connectivity index (χ0) is 30.0. The number of rotatable bonds is 1. The quantitative estimate of drug-likeness (QED) is 0.191. The van der Waals surface area contributed by atoms with Crippen molar-refractivity contribution in [2.45, 2.75) is 5.41 Å². The van der Waals surface area contributed by atoms with Gasteiger partial charge in [0.15, 0.2) is 23.0 Å². The Kier molecular flexibility index (Phi) is 4.52. The maximum Gasteiger partial charge on any atom is 0.155 e. The van der Waals surface area contributed by atoms with Crippen molar-refractivity contribution >= 4 is 17.1 Å². The van der Waals surface area contributed by atoms with Crippen molar-refractivity contribution in [1.82, 2.24) is 0 Å². The first-order valence-corrected chi connectivity index (χ1v) is 15.8. The van der Waals surface area contributed by atoms with Gasteiger partial charge in [0.2, 0.25) is 0 Å². The van der Waals surface area contributed by atoms with Gasteiger partial charge in [-0.3, -0.25) is 4.90 Å². The molecule has 0 amide bonds. The predicted molar refractivity (Wildman–Crippen MR) is 183 cm³/mol. The van der Waals surface area contributed by atoms with Crippen LogP contribution in [0.15, 0.2) is 152 Å². The Bertz CT molecular complexity index is 2410. The molecule has 4 aliphatic rings. The third kappa shape index (κ3) is 2.84. The SMILES string of the molecule is c1ccc2c(c1)Oc1cccc3c1N2c1ccc(-c2cccc4c2-c2ccccc2C42c4ccccc4-c4ccccc42)cc1O3. The summed E-state index contributed by atoms with van der Waals surface area (Å²) >= 11 is 0. The van der Waals surface area contributed by atoms with E-state index in [0.29, 0.717) is 0 Å². The number of para-hydroxylation sites is 3. The van der Waals surface area contributed by atoms with Crippen LogP contribution in [0, 0.1) is 0 Å². The number of fused-ring (bicyclic) bond motifs is 14. The van der Waals surface area contributed by atoms with E-state index < -0.39 is 0 Å². The van der Waals surface area contributed by atoms with Gasteiger partial charge in [-0.2, -0.15) is 0 Å². The Labute approximate surface area is 266 Å². The second-order valence-electron chi connectivity index (χ2n) is 12.4. The molecule has 0 aromatic heterocycles. The van der Waals surface area contributed by atoms with Crippen LogP contribution in [0.1, 0.15) is 22.3 Å². The maximum absolute atomic E-state index is 6.65. The van der Waals surface area contributed by atoms with E-state index in [2.05, 4.69) is 126 Å². The Hall–Kier alpha value is -6.06. The fraction of sp³-hybridized carbons (Fsp3) is 0.0233. The lowest BCUT2D eigenvalue weighted by Gasteiger charge is -2.37. The normalized spacial score (nSPS) is 14.6. The molecule has 0 fully saturated rings. The van der Waals surface area contributed by atoms with Crippen molar-refractivity contribution in [3.8, 4) is 56.4 Å². The number of hydrogen-bond acceptors (Lipinski definition) is 3. The van der Waals surface area contributed by atoms with Gasteiger partial charge in [-0.15, -0.1) is 0 Å². The highest BCUT2D eigenvalue weighted by atomic mass is 16.5. The molecule has 2 aliphatic carbocycles. The van der Waals surface area contributed by atoms with Crippen LogP contribution >= 0.6 is 0 Å². The minimum absolute atomic E-state index is 0.368. The lowest BCUT2D eigenvalue weighted by atomic mass is 9.70. The summed E-state index contributed by atoms with van der Waals surface area (Å²) in [6, 6.07) is 54.6. The average Bonchev–Trinajstić information content (AvgIpc) is 3.59. The van der Waals surface area contributed by atoms with Gasteiger partial charge >= 0.3 is 0 Å². The third-order valence-corrected chi connectivity index (χ3v) is 10.3. The molecule has 0 saturated heterocycles. The summed E-state index contributed by atoms with van der Waals surface area (Å²) < 4.78 is 12.9. The minimum atomic E-state index is -0.368. The van der Waals surface area contributed by atoms with E-state index in [1.54, 1.807) is 0 Å². The zero-order valence-corrected chi connectivity index (χ0v) is 24.7. The molecular formula is C43H25NO2. The number of benzene rings is 7. The summed E-state index contributed by atoms with van der Waals surface area (Å²) in [5.41, 5.74) is 15.5. The summed E-state index contributed by atoms with van der Waals surface area (Å²) in [6.45, 7) is 0. The highest BCUT2D eigenvalue weighted by molar-refractivity contribution is 6.01. The fourth-order valence-electron chi connectivity index (χ4n) is 8.56. The molecule has 0 saturated carbocycles. The summed E-state index contributed by atoms with van der Waals surface area (Å²) in [7, 11) is 0. The fourth-order valence-corrected chi connectivity index (χ4v) is 8.56. The number of nitrogens with zero attached hydrogens (tertiary/aromatic N) is 1. The van der Waals surface area contributed by atoms with Gasteiger partial charge in [0, 0.05) is 0 Å². The second-order valence-corrected chi connectivity index (χ2v) is 12.4. The maximum atomic E-state index is 6.65. The topological polar surface area (TPSA) is 21.7 Å². The molecule has 7 aromatic carbocycles. The molecule has 7 aromatic rings. The van der Waals surface area contributed by atoms with Crippen LogP contribution < -0.4 is 14.4 Å². The van der Waals surface area contributed by atoms with Gasteiger partial charge in [-0.1, -0.05) is 115 Å². The monoisotopic (exact) mass is 587 g/mol. The minimum Gasteiger partial charge on any atom is -0.453 e. The molecule has 2 heterocycles. The Balaban J connectivity index is 1.15. The molecule has 3 nitrogen and oxygen atoms in total. The highest BCUT2D eigenvalue weighted by Gasteiger charge is 2.52. The lowest BCUT2D eigenvalue weighted by molar-refractivity contribution is 0.446. The Morgan fingerprint density at radius 2 is 0.913 bits per heavy atom. The molecule has 0 unspecified atom stereocenters. The summed E-state index contributed by atoms with van der Waals surface area (Å²) in [6.07, 6.45) is 0. The highest BCUT2D eigenvalue weighted by Crippen LogP contribution is 2.65. The summed E-state index contributed by atoms with van der Waals surface area (Å²) in [5, 5.41) is 0. The van der Waals surface area contributed by atoms with Crippen LogP contribution in [-0.2, 0) is 5.41 Å². The first-order chi connectivity index (χ1) is 22.8. The number of anilines is 3. The number of hydrogen-bond donors (Lipinski definition) is 0. The Morgan fingerprint density at radius 1 is 0.391 bits per heavy atom. The lowest BCUT2D eigenvalue weighted by Crippen LogP contribution is -2.25. The van der Waals surface area contributed by atoms with Crippen LogP contribution in [0.5, 0.6) is 23.0 Å². The molecule has 214 valence electrons. The number of ether oxygens (including phenoxy) is 2. The summed E-state index contributed by atoms with van der Waals surface area (Å²) in [5.74, 6) is 3.25. The van der Waals surface area contributed by atoms with Gasteiger partial charge in [-0.25, -0.2) is 0 Å². The van der Waals surface area contributed by atoms with Crippen molar-refractivity contribution in [3.05, 3.63) is 174 Å². The van der Waals surface area contributed by atoms with Crippen LogP contribution in [-0.4, -0.2) is 0 Å². The molecule has 2 aliphatic heterocycles. The van der Waals surface area contributed by atoms with E-state index in [1.165, 1.54) is 50.1 Å². The Morgan fingerprint density at radius 3 is 1.67 bits per heavy atom. The van der Waals surface area contributed by atoms with Gasteiger partial charge in [0.25, 0.3) is 0 Å². The largest absolute Gasteiger partial charge is 0.453 e. The molecular weight excluding hydrogens is 562 g/mol.